The average Bonchev–Trinajstić information content (AvgIpc) is 2.78. The summed E-state index contributed by atoms with van der Waals surface area (Å²) < 4.78 is 32.7. The van der Waals surface area contributed by atoms with Gasteiger partial charge in [0.1, 0.15) is 17.3 Å². The van der Waals surface area contributed by atoms with E-state index in [0.29, 0.717) is 23.5 Å². The first kappa shape index (κ1) is 22.2. The molecule has 0 aromatic heterocycles. The smallest absolute Gasteiger partial charge is 0.210 e. The third-order valence-corrected chi connectivity index (χ3v) is 6.31. The number of carbonyl (C=O) groups is 1. The Morgan fingerprint density at radius 3 is 2.06 bits per heavy atom. The Morgan fingerprint density at radius 2 is 1.42 bits per heavy atom. The Morgan fingerprint density at radius 1 is 0.839 bits per heavy atom. The summed E-state index contributed by atoms with van der Waals surface area (Å²) in [5.74, 6) is -0.0647. The maximum atomic E-state index is 13.4. The van der Waals surface area contributed by atoms with Crippen LogP contribution in [0.25, 0.3) is 6.08 Å². The van der Waals surface area contributed by atoms with Gasteiger partial charge in [-0.2, -0.15) is 0 Å². The molecule has 0 atom stereocenters. The van der Waals surface area contributed by atoms with Crippen molar-refractivity contribution in [1.29, 1.82) is 0 Å². The fourth-order valence-corrected chi connectivity index (χ4v) is 4.31. The zero-order chi connectivity index (χ0) is 22.3. The minimum Gasteiger partial charge on any atom is -0.489 e. The zero-order valence-corrected chi connectivity index (χ0v) is 18.3. The van der Waals surface area contributed by atoms with Crippen LogP contribution < -0.4 is 4.74 Å². The Bertz CT molecular complexity index is 1200. The molecule has 3 rings (SSSR count). The summed E-state index contributed by atoms with van der Waals surface area (Å²) in [7, 11) is -4.05. The number of para-hydroxylation sites is 1. The van der Waals surface area contributed by atoms with Crippen molar-refractivity contribution in [2.45, 2.75) is 18.7 Å². The molecule has 0 unspecified atom stereocenters. The van der Waals surface area contributed by atoms with Gasteiger partial charge in [-0.25, -0.2) is 8.42 Å². The van der Waals surface area contributed by atoms with Crippen LogP contribution in [-0.2, 0) is 9.84 Å². The molecule has 0 saturated heterocycles. The lowest BCUT2D eigenvalue weighted by Crippen LogP contribution is -2.14. The molecule has 0 N–H and O–H groups in total. The van der Waals surface area contributed by atoms with Crippen LogP contribution >= 0.6 is 0 Å². The number of ether oxygens (including phenoxy) is 1. The van der Waals surface area contributed by atoms with Gasteiger partial charge in [0.2, 0.25) is 15.6 Å². The molecule has 0 aliphatic heterocycles. The maximum absolute atomic E-state index is 13.4. The quantitative estimate of drug-likeness (QED) is 0.259. The Kier molecular flexibility index (Phi) is 7.21. The number of sulfone groups is 1. The van der Waals surface area contributed by atoms with Gasteiger partial charge in [-0.15, -0.1) is 0 Å². The molecular formula is C26H24O4S. The van der Waals surface area contributed by atoms with Crippen molar-refractivity contribution < 1.29 is 17.9 Å². The van der Waals surface area contributed by atoms with Gasteiger partial charge in [-0.3, -0.25) is 4.79 Å². The van der Waals surface area contributed by atoms with E-state index in [-0.39, 0.29) is 9.80 Å². The van der Waals surface area contributed by atoms with Gasteiger partial charge in [0, 0.05) is 11.1 Å². The number of allylic oxidation sites excluding steroid dienone is 2. The highest BCUT2D eigenvalue weighted by Gasteiger charge is 2.28. The van der Waals surface area contributed by atoms with Crippen molar-refractivity contribution in [3.05, 3.63) is 113 Å². The van der Waals surface area contributed by atoms with Crippen LogP contribution in [0, 0.1) is 0 Å². The van der Waals surface area contributed by atoms with Gasteiger partial charge in [0.25, 0.3) is 0 Å². The average molecular weight is 433 g/mol. The van der Waals surface area contributed by atoms with Crippen LogP contribution in [0.15, 0.2) is 106 Å². The standard InChI is InChI=1S/C26H24O4S/c1-20(2)17-18-30-24-16-10-9-13-22(24)19-25(26(27)21-11-5-3-6-12-21)31(28,29)23-14-7-4-8-15-23/h3-17,19H,18H2,1-2H3/b25-19-. The van der Waals surface area contributed by atoms with Crippen molar-refractivity contribution in [3.63, 3.8) is 0 Å². The lowest BCUT2D eigenvalue weighted by molar-refractivity contribution is 0.104. The lowest BCUT2D eigenvalue weighted by Gasteiger charge is -2.12. The van der Waals surface area contributed by atoms with E-state index in [1.807, 2.05) is 19.9 Å². The fourth-order valence-electron chi connectivity index (χ4n) is 2.89. The van der Waals surface area contributed by atoms with Crippen LogP contribution in [0.1, 0.15) is 29.8 Å². The Labute approximate surface area is 183 Å². The molecule has 3 aromatic carbocycles. The molecule has 3 aromatic rings. The number of benzene rings is 3. The van der Waals surface area contributed by atoms with E-state index in [2.05, 4.69) is 0 Å². The Hall–Kier alpha value is -3.44. The van der Waals surface area contributed by atoms with Crippen molar-refractivity contribution in [2.24, 2.45) is 0 Å². The van der Waals surface area contributed by atoms with Crippen LogP contribution in [0.2, 0.25) is 0 Å². The van der Waals surface area contributed by atoms with E-state index in [1.54, 1.807) is 72.8 Å². The van der Waals surface area contributed by atoms with Gasteiger partial charge in [0.15, 0.2) is 0 Å². The molecule has 0 aliphatic rings. The van der Waals surface area contributed by atoms with Gasteiger partial charge in [-0.05, 0) is 44.2 Å². The third kappa shape index (κ3) is 5.58. The highest BCUT2D eigenvalue weighted by atomic mass is 32.2. The summed E-state index contributed by atoms with van der Waals surface area (Å²) in [6, 6.07) is 23.4. The second-order valence-electron chi connectivity index (χ2n) is 7.15. The highest BCUT2D eigenvalue weighted by Crippen LogP contribution is 2.28. The number of hydrogen-bond acceptors (Lipinski definition) is 4. The molecule has 158 valence electrons. The molecule has 0 heterocycles. The van der Waals surface area contributed by atoms with Crippen molar-refractivity contribution in [1.82, 2.24) is 0 Å². The van der Waals surface area contributed by atoms with Crippen LogP contribution in [0.3, 0.4) is 0 Å². The largest absolute Gasteiger partial charge is 0.489 e. The molecule has 0 saturated carbocycles. The summed E-state index contributed by atoms with van der Waals surface area (Å²) in [5, 5.41) is 0. The molecule has 0 radical (unpaired) electrons. The molecule has 0 bridgehead atoms. The van der Waals surface area contributed by atoms with E-state index in [0.717, 1.165) is 5.57 Å². The molecular weight excluding hydrogens is 408 g/mol. The van der Waals surface area contributed by atoms with E-state index >= 15 is 0 Å². The van der Waals surface area contributed by atoms with Gasteiger partial charge in [-0.1, -0.05) is 72.3 Å². The summed E-state index contributed by atoms with van der Waals surface area (Å²) in [6.45, 7) is 4.29. The molecule has 31 heavy (non-hydrogen) atoms. The number of ketones is 1. The van der Waals surface area contributed by atoms with Crippen LogP contribution in [-0.4, -0.2) is 20.8 Å². The van der Waals surface area contributed by atoms with E-state index in [1.165, 1.54) is 18.2 Å². The number of carbonyl (C=O) groups excluding carboxylic acids is 1. The second kappa shape index (κ2) is 10.0. The predicted molar refractivity (Wildman–Crippen MR) is 124 cm³/mol. The number of hydrogen-bond donors (Lipinski definition) is 0. The third-order valence-electron chi connectivity index (χ3n) is 4.54. The second-order valence-corrected chi connectivity index (χ2v) is 9.07. The van der Waals surface area contributed by atoms with E-state index in [9.17, 15) is 13.2 Å². The van der Waals surface area contributed by atoms with Crippen molar-refractivity contribution in [2.75, 3.05) is 6.61 Å². The summed E-state index contributed by atoms with van der Waals surface area (Å²) in [4.78, 5) is 13.0. The molecule has 0 spiro atoms. The van der Waals surface area contributed by atoms with Crippen molar-refractivity contribution in [3.8, 4) is 5.75 Å². The minimum atomic E-state index is -4.05. The first-order chi connectivity index (χ1) is 14.9. The molecule has 5 heteroatoms. The van der Waals surface area contributed by atoms with E-state index < -0.39 is 15.6 Å². The molecule has 4 nitrogen and oxygen atoms in total. The predicted octanol–water partition coefficient (Wildman–Crippen LogP) is 5.73. The number of rotatable bonds is 8. The zero-order valence-electron chi connectivity index (χ0n) is 17.5. The fraction of sp³-hybridized carbons (Fsp3) is 0.115. The molecule has 0 amide bonds. The van der Waals surface area contributed by atoms with Crippen LogP contribution in [0.5, 0.6) is 5.75 Å². The summed E-state index contributed by atoms with van der Waals surface area (Å²) >= 11 is 0. The van der Waals surface area contributed by atoms with Gasteiger partial charge in [0.05, 0.1) is 4.90 Å². The summed E-state index contributed by atoms with van der Waals surface area (Å²) in [5.41, 5.74) is 1.93. The van der Waals surface area contributed by atoms with E-state index in [4.69, 9.17) is 4.74 Å². The van der Waals surface area contributed by atoms with Gasteiger partial charge < -0.3 is 4.74 Å². The normalized spacial score (nSPS) is 11.6. The lowest BCUT2D eigenvalue weighted by atomic mass is 10.1. The Balaban J connectivity index is 2.13. The first-order valence-electron chi connectivity index (χ1n) is 9.86. The number of Topliss-reactive ketones (excluding diaryl/α,β-unsaturated/α-hetero) is 1. The minimum absolute atomic E-state index is 0.0634. The SMILES string of the molecule is CC(C)=CCOc1ccccc1/C=C(/C(=O)c1ccccc1)S(=O)(=O)c1ccccc1. The monoisotopic (exact) mass is 432 g/mol. The van der Waals surface area contributed by atoms with Crippen molar-refractivity contribution >= 4 is 21.7 Å². The van der Waals surface area contributed by atoms with Gasteiger partial charge >= 0.3 is 0 Å². The molecule has 0 aliphatic carbocycles. The highest BCUT2D eigenvalue weighted by molar-refractivity contribution is 7.96. The summed E-state index contributed by atoms with van der Waals surface area (Å²) in [6.07, 6.45) is 3.33. The van der Waals surface area contributed by atoms with Crippen LogP contribution in [0.4, 0.5) is 0 Å². The first-order valence-corrected chi connectivity index (χ1v) is 11.3. The molecule has 0 fully saturated rings. The topological polar surface area (TPSA) is 60.4 Å². The maximum Gasteiger partial charge on any atom is 0.210 e.